The fourth-order valence-corrected chi connectivity index (χ4v) is 1.93. The van der Waals surface area contributed by atoms with Crippen molar-refractivity contribution in [3.05, 3.63) is 11.9 Å². The van der Waals surface area contributed by atoms with Crippen LogP contribution in [-0.2, 0) is 0 Å². The highest BCUT2D eigenvalue weighted by Crippen LogP contribution is 2.28. The Morgan fingerprint density at radius 3 is 2.73 bits per heavy atom. The van der Waals surface area contributed by atoms with E-state index in [0.717, 1.165) is 24.1 Å². The van der Waals surface area contributed by atoms with Crippen LogP contribution in [0.15, 0.2) is 6.07 Å². The molecule has 1 aliphatic rings. The van der Waals surface area contributed by atoms with Crippen LogP contribution in [0.4, 0.5) is 11.6 Å². The Balaban J connectivity index is 2.06. The van der Waals surface area contributed by atoms with Gasteiger partial charge >= 0.3 is 0 Å². The van der Waals surface area contributed by atoms with E-state index in [1.54, 1.807) is 0 Å². The predicted molar refractivity (Wildman–Crippen MR) is 61.8 cm³/mol. The minimum absolute atomic E-state index is 0.554. The minimum Gasteiger partial charge on any atom is -0.384 e. The Bertz CT molecular complexity index is 326. The molecule has 1 aliphatic carbocycles. The van der Waals surface area contributed by atoms with E-state index < -0.39 is 0 Å². The van der Waals surface area contributed by atoms with Gasteiger partial charge < -0.3 is 10.6 Å². The molecular formula is C11H18N4. The number of nitrogens with two attached hydrogens (primary N) is 1. The van der Waals surface area contributed by atoms with Crippen LogP contribution in [0.5, 0.6) is 0 Å². The first-order valence-electron chi connectivity index (χ1n) is 5.47. The highest BCUT2D eigenvalue weighted by Gasteiger charge is 2.19. The van der Waals surface area contributed by atoms with Crippen molar-refractivity contribution in [2.24, 2.45) is 5.92 Å². The smallest absolute Gasteiger partial charge is 0.134 e. The van der Waals surface area contributed by atoms with Crippen LogP contribution in [0.1, 0.15) is 25.1 Å². The van der Waals surface area contributed by atoms with Crippen LogP contribution >= 0.6 is 0 Å². The number of nitrogens with zero attached hydrogens (tertiary/aromatic N) is 3. The van der Waals surface area contributed by atoms with E-state index in [2.05, 4.69) is 21.9 Å². The van der Waals surface area contributed by atoms with Gasteiger partial charge in [0.05, 0.1) is 0 Å². The molecule has 2 rings (SSSR count). The molecule has 2 N–H and O–H groups in total. The first-order valence-corrected chi connectivity index (χ1v) is 5.47. The predicted octanol–water partition coefficient (Wildman–Crippen LogP) is 1.60. The van der Waals surface area contributed by atoms with E-state index in [1.165, 1.54) is 19.3 Å². The molecule has 1 fully saturated rings. The Kier molecular flexibility index (Phi) is 2.75. The maximum absolute atomic E-state index is 5.70. The number of anilines is 2. The lowest BCUT2D eigenvalue weighted by molar-refractivity contribution is 0.321. The normalized spacial score (nSPS) is 16.1. The lowest BCUT2D eigenvalue weighted by Gasteiger charge is -2.30. The Morgan fingerprint density at radius 1 is 1.47 bits per heavy atom. The zero-order valence-electron chi connectivity index (χ0n) is 9.40. The average Bonchev–Trinajstić information content (AvgIpc) is 2.09. The van der Waals surface area contributed by atoms with Crippen LogP contribution in [0.3, 0.4) is 0 Å². The summed E-state index contributed by atoms with van der Waals surface area (Å²) < 4.78 is 0. The second-order valence-corrected chi connectivity index (χ2v) is 4.38. The third kappa shape index (κ3) is 2.37. The van der Waals surface area contributed by atoms with Crippen LogP contribution < -0.4 is 10.6 Å². The van der Waals surface area contributed by atoms with Crippen molar-refractivity contribution < 1.29 is 0 Å². The SMILES string of the molecule is Cc1nc(N)cc(N(C)CC2CCC2)n1. The zero-order valence-corrected chi connectivity index (χ0v) is 9.40. The molecule has 0 unspecified atom stereocenters. The molecule has 1 saturated carbocycles. The molecule has 0 saturated heterocycles. The molecule has 4 heteroatoms. The molecule has 0 aliphatic heterocycles. The summed E-state index contributed by atoms with van der Waals surface area (Å²) in [7, 11) is 2.07. The molecule has 4 nitrogen and oxygen atoms in total. The number of hydrogen-bond donors (Lipinski definition) is 1. The first kappa shape index (κ1) is 10.2. The fraction of sp³-hybridized carbons (Fsp3) is 0.636. The molecule has 1 heterocycles. The van der Waals surface area contributed by atoms with Gasteiger partial charge in [-0.15, -0.1) is 0 Å². The molecule has 0 bridgehead atoms. The van der Waals surface area contributed by atoms with E-state index in [-0.39, 0.29) is 0 Å². The zero-order chi connectivity index (χ0) is 10.8. The summed E-state index contributed by atoms with van der Waals surface area (Å²) >= 11 is 0. The molecule has 15 heavy (non-hydrogen) atoms. The fourth-order valence-electron chi connectivity index (χ4n) is 1.93. The maximum atomic E-state index is 5.70. The molecule has 0 atom stereocenters. The Labute approximate surface area is 90.5 Å². The third-order valence-electron chi connectivity index (χ3n) is 2.99. The van der Waals surface area contributed by atoms with Crippen LogP contribution in [-0.4, -0.2) is 23.6 Å². The maximum Gasteiger partial charge on any atom is 0.134 e. The van der Waals surface area contributed by atoms with Gasteiger partial charge in [0.2, 0.25) is 0 Å². The molecule has 0 spiro atoms. The van der Waals surface area contributed by atoms with Crippen LogP contribution in [0, 0.1) is 12.8 Å². The van der Waals surface area contributed by atoms with E-state index >= 15 is 0 Å². The number of rotatable bonds is 3. The summed E-state index contributed by atoms with van der Waals surface area (Å²) in [6, 6.07) is 1.84. The van der Waals surface area contributed by atoms with Crippen molar-refractivity contribution >= 4 is 11.6 Å². The number of aromatic nitrogens is 2. The molecule has 0 amide bonds. The van der Waals surface area contributed by atoms with Crippen molar-refractivity contribution in [3.63, 3.8) is 0 Å². The van der Waals surface area contributed by atoms with Gasteiger partial charge in [-0.2, -0.15) is 0 Å². The van der Waals surface area contributed by atoms with Crippen molar-refractivity contribution in [2.75, 3.05) is 24.2 Å². The lowest BCUT2D eigenvalue weighted by atomic mass is 9.85. The van der Waals surface area contributed by atoms with Gasteiger partial charge in [-0.1, -0.05) is 6.42 Å². The summed E-state index contributed by atoms with van der Waals surface area (Å²) in [5.74, 6) is 3.07. The molecule has 0 radical (unpaired) electrons. The Hall–Kier alpha value is -1.32. The summed E-state index contributed by atoms with van der Waals surface area (Å²) in [5, 5.41) is 0. The number of aryl methyl sites for hydroxylation is 1. The molecular weight excluding hydrogens is 188 g/mol. The highest BCUT2D eigenvalue weighted by atomic mass is 15.2. The van der Waals surface area contributed by atoms with Gasteiger partial charge in [-0.25, -0.2) is 9.97 Å². The quantitative estimate of drug-likeness (QED) is 0.816. The molecule has 82 valence electrons. The molecule has 1 aromatic heterocycles. The van der Waals surface area contributed by atoms with Gasteiger partial charge in [0.1, 0.15) is 17.5 Å². The van der Waals surface area contributed by atoms with Crippen molar-refractivity contribution in [2.45, 2.75) is 26.2 Å². The topological polar surface area (TPSA) is 55.0 Å². The number of hydrogen-bond acceptors (Lipinski definition) is 4. The molecule has 0 aromatic carbocycles. The average molecular weight is 206 g/mol. The van der Waals surface area contributed by atoms with Crippen molar-refractivity contribution in [3.8, 4) is 0 Å². The summed E-state index contributed by atoms with van der Waals surface area (Å²) in [6.07, 6.45) is 4.08. The third-order valence-corrected chi connectivity index (χ3v) is 2.99. The van der Waals surface area contributed by atoms with Crippen LogP contribution in [0.25, 0.3) is 0 Å². The van der Waals surface area contributed by atoms with E-state index in [4.69, 9.17) is 5.73 Å². The Morgan fingerprint density at radius 2 is 2.20 bits per heavy atom. The van der Waals surface area contributed by atoms with E-state index in [9.17, 15) is 0 Å². The summed E-state index contributed by atoms with van der Waals surface area (Å²) in [4.78, 5) is 10.6. The first-order chi connectivity index (χ1) is 7.15. The monoisotopic (exact) mass is 206 g/mol. The van der Waals surface area contributed by atoms with Gasteiger partial charge in [0.15, 0.2) is 0 Å². The summed E-state index contributed by atoms with van der Waals surface area (Å²) in [5.41, 5.74) is 5.70. The van der Waals surface area contributed by atoms with Crippen LogP contribution in [0.2, 0.25) is 0 Å². The van der Waals surface area contributed by atoms with Gasteiger partial charge in [-0.05, 0) is 25.7 Å². The van der Waals surface area contributed by atoms with E-state index in [0.29, 0.717) is 5.82 Å². The standard InChI is InChI=1S/C11H18N4/c1-8-13-10(12)6-11(14-8)15(2)7-9-4-3-5-9/h6,9H,3-5,7H2,1-2H3,(H2,12,13,14). The lowest BCUT2D eigenvalue weighted by Crippen LogP contribution is -2.30. The van der Waals surface area contributed by atoms with E-state index in [1.807, 2.05) is 13.0 Å². The number of nitrogen functional groups attached to an aromatic ring is 1. The van der Waals surface area contributed by atoms with Crippen molar-refractivity contribution in [1.82, 2.24) is 9.97 Å². The largest absolute Gasteiger partial charge is 0.384 e. The summed E-state index contributed by atoms with van der Waals surface area (Å²) in [6.45, 7) is 2.95. The highest BCUT2D eigenvalue weighted by molar-refractivity contribution is 5.46. The molecule has 1 aromatic rings. The van der Waals surface area contributed by atoms with Gasteiger partial charge in [0.25, 0.3) is 0 Å². The van der Waals surface area contributed by atoms with Crippen molar-refractivity contribution in [1.29, 1.82) is 0 Å². The second-order valence-electron chi connectivity index (χ2n) is 4.38. The minimum atomic E-state index is 0.554. The van der Waals surface area contributed by atoms with Gasteiger partial charge in [-0.3, -0.25) is 0 Å². The van der Waals surface area contributed by atoms with Gasteiger partial charge in [0, 0.05) is 19.7 Å². The second kappa shape index (κ2) is 4.04.